The lowest BCUT2D eigenvalue weighted by molar-refractivity contribution is -0.139. The maximum atomic E-state index is 13.7. The van der Waals surface area contributed by atoms with Crippen LogP contribution in [-0.4, -0.2) is 88.3 Å². The molecule has 0 aromatic heterocycles. The van der Waals surface area contributed by atoms with Crippen molar-refractivity contribution in [3.05, 3.63) is 60.2 Å². The minimum absolute atomic E-state index is 0.137. The van der Waals surface area contributed by atoms with Crippen LogP contribution in [0.15, 0.2) is 54.6 Å². The number of unbranched alkanes of at least 4 members (excludes halogenated alkanes) is 2. The molecular formula is C37H55N5O8. The largest absolute Gasteiger partial charge is 0.444 e. The first-order chi connectivity index (χ1) is 23.7. The van der Waals surface area contributed by atoms with Gasteiger partial charge < -0.3 is 36.6 Å². The van der Waals surface area contributed by atoms with E-state index in [-0.39, 0.29) is 32.1 Å². The summed E-state index contributed by atoms with van der Waals surface area (Å²) in [7, 11) is 0. The third-order valence-electron chi connectivity index (χ3n) is 8.80. The summed E-state index contributed by atoms with van der Waals surface area (Å²) < 4.78 is 5.55. The van der Waals surface area contributed by atoms with Crippen LogP contribution >= 0.6 is 0 Å². The summed E-state index contributed by atoms with van der Waals surface area (Å²) in [6, 6.07) is 13.6. The molecule has 5 amide bonds. The van der Waals surface area contributed by atoms with E-state index in [0.29, 0.717) is 16.9 Å². The second-order valence-electron chi connectivity index (χ2n) is 13.1. The first-order valence-electron chi connectivity index (χ1n) is 17.2. The number of ether oxygens (including phenoxy) is 1. The van der Waals surface area contributed by atoms with Gasteiger partial charge in [0.25, 0.3) is 0 Å². The van der Waals surface area contributed by atoms with Gasteiger partial charge in [-0.05, 0) is 49.8 Å². The van der Waals surface area contributed by atoms with Crippen molar-refractivity contribution in [1.82, 2.24) is 20.9 Å². The Morgan fingerprint density at radius 3 is 2.14 bits per heavy atom. The smallest absolute Gasteiger partial charge is 0.417 e. The zero-order chi connectivity index (χ0) is 37.4. The molecule has 0 fully saturated rings. The second-order valence-corrected chi connectivity index (χ2v) is 13.1. The van der Waals surface area contributed by atoms with Crippen LogP contribution in [-0.2, 0) is 30.5 Å². The van der Waals surface area contributed by atoms with Crippen LogP contribution in [0.4, 0.5) is 4.79 Å². The van der Waals surface area contributed by atoms with Crippen molar-refractivity contribution in [2.24, 2.45) is 17.6 Å². The molecule has 5 atom stereocenters. The summed E-state index contributed by atoms with van der Waals surface area (Å²) in [5.41, 5.74) is 6.56. The van der Waals surface area contributed by atoms with Crippen LogP contribution in [0.1, 0.15) is 72.8 Å². The third-order valence-corrected chi connectivity index (χ3v) is 8.80. The minimum atomic E-state index is -1.71. The molecule has 0 bridgehead atoms. The number of hydrogen-bond donors (Lipinski definition) is 6. The number of nitrogens with two attached hydrogens (primary N) is 1. The molecule has 0 spiro atoms. The number of nitrogens with zero attached hydrogens (tertiary/aromatic N) is 1. The molecule has 0 saturated carbocycles. The van der Waals surface area contributed by atoms with Gasteiger partial charge in [0.15, 0.2) is 0 Å². The van der Waals surface area contributed by atoms with Gasteiger partial charge in [0.05, 0.1) is 25.3 Å². The highest BCUT2D eigenvalue weighted by atomic mass is 16.6. The first-order valence-corrected chi connectivity index (χ1v) is 17.2. The Balaban J connectivity index is 2.27. The van der Waals surface area contributed by atoms with Crippen LogP contribution in [0.5, 0.6) is 0 Å². The standard InChI is InChI=1S/C37H55N5O8/c1-7-8-10-19-32(45)41-37(6,35(48)40-31(22-44)24(2)3)29(21-43)20-39-33(46)26(5)42(34(47)25(4)38)36(49)50-23-28-17-13-14-18-30(28)27-15-11-9-12-16-27/h9,11-18,24-26,29,31,43-44H,7-8,10,19-23,38H2,1-6H3,(H,39,46)(H,40,48)(H,41,45)/t25-,26-,29?,31?,37+/m0/s1. The maximum absolute atomic E-state index is 13.7. The molecule has 2 unspecified atom stereocenters. The van der Waals surface area contributed by atoms with E-state index in [1.165, 1.54) is 20.8 Å². The summed E-state index contributed by atoms with van der Waals surface area (Å²) >= 11 is 0. The fourth-order valence-corrected chi connectivity index (χ4v) is 5.33. The molecule has 50 heavy (non-hydrogen) atoms. The minimum Gasteiger partial charge on any atom is -0.444 e. The highest BCUT2D eigenvalue weighted by Crippen LogP contribution is 2.25. The zero-order valence-corrected chi connectivity index (χ0v) is 30.1. The van der Waals surface area contributed by atoms with Crippen molar-refractivity contribution in [2.75, 3.05) is 19.8 Å². The van der Waals surface area contributed by atoms with Crippen molar-refractivity contribution >= 4 is 29.7 Å². The molecule has 0 saturated heterocycles. The molecule has 0 aliphatic carbocycles. The van der Waals surface area contributed by atoms with Gasteiger partial charge in [-0.2, -0.15) is 0 Å². The molecule has 0 heterocycles. The van der Waals surface area contributed by atoms with Gasteiger partial charge in [0.2, 0.25) is 23.6 Å². The van der Waals surface area contributed by atoms with Gasteiger partial charge in [-0.1, -0.05) is 88.2 Å². The molecule has 13 nitrogen and oxygen atoms in total. The molecule has 2 aromatic carbocycles. The van der Waals surface area contributed by atoms with Gasteiger partial charge in [0, 0.05) is 18.9 Å². The molecule has 0 aliphatic heterocycles. The van der Waals surface area contributed by atoms with E-state index >= 15 is 0 Å². The number of aliphatic hydroxyl groups is 2. The van der Waals surface area contributed by atoms with E-state index < -0.39 is 65.9 Å². The Morgan fingerprint density at radius 1 is 0.920 bits per heavy atom. The summed E-state index contributed by atoms with van der Waals surface area (Å²) in [4.78, 5) is 67.3. The maximum Gasteiger partial charge on any atom is 0.417 e. The Hall–Kier alpha value is -4.33. The Kier molecular flexibility index (Phi) is 17.0. The number of carbonyl (C=O) groups excluding carboxylic acids is 5. The van der Waals surface area contributed by atoms with Crippen LogP contribution in [0, 0.1) is 11.8 Å². The Morgan fingerprint density at radius 2 is 1.56 bits per heavy atom. The summed E-state index contributed by atoms with van der Waals surface area (Å²) in [6.45, 7) is 8.31. The fourth-order valence-electron chi connectivity index (χ4n) is 5.33. The average molecular weight is 698 g/mol. The van der Waals surface area contributed by atoms with Gasteiger partial charge in [-0.25, -0.2) is 9.69 Å². The number of carbonyl (C=O) groups is 5. The van der Waals surface area contributed by atoms with Gasteiger partial charge in [0.1, 0.15) is 18.2 Å². The lowest BCUT2D eigenvalue weighted by Gasteiger charge is -2.38. The van der Waals surface area contributed by atoms with Crippen molar-refractivity contribution in [2.45, 2.75) is 97.5 Å². The second kappa shape index (κ2) is 20.4. The van der Waals surface area contributed by atoms with Crippen LogP contribution in [0.3, 0.4) is 0 Å². The van der Waals surface area contributed by atoms with Gasteiger partial charge >= 0.3 is 6.09 Å². The normalized spacial score (nSPS) is 14.8. The molecule has 2 aromatic rings. The van der Waals surface area contributed by atoms with Crippen molar-refractivity contribution in [3.63, 3.8) is 0 Å². The number of benzene rings is 2. The molecule has 7 N–H and O–H groups in total. The predicted molar refractivity (Wildman–Crippen MR) is 190 cm³/mol. The summed E-state index contributed by atoms with van der Waals surface area (Å²) in [5.74, 6) is -3.87. The van der Waals surface area contributed by atoms with Crippen molar-refractivity contribution in [3.8, 4) is 11.1 Å². The fraction of sp³-hybridized carbons (Fsp3) is 0.541. The number of imide groups is 1. The molecule has 276 valence electrons. The molecule has 0 radical (unpaired) electrons. The van der Waals surface area contributed by atoms with E-state index in [0.717, 1.165) is 24.0 Å². The molecule has 0 aliphatic rings. The first kappa shape index (κ1) is 41.8. The number of nitrogens with one attached hydrogen (secondary N) is 3. The topological polar surface area (TPSA) is 200 Å². The number of amides is 5. The van der Waals surface area contributed by atoms with Crippen molar-refractivity contribution < 1.29 is 38.9 Å². The van der Waals surface area contributed by atoms with Crippen LogP contribution in [0.2, 0.25) is 0 Å². The van der Waals surface area contributed by atoms with E-state index in [1.807, 2.05) is 63.2 Å². The van der Waals surface area contributed by atoms with Crippen LogP contribution < -0.4 is 21.7 Å². The molecule has 13 heteroatoms. The van der Waals surface area contributed by atoms with E-state index in [9.17, 15) is 34.2 Å². The Labute approximate surface area is 295 Å². The monoisotopic (exact) mass is 697 g/mol. The molecular weight excluding hydrogens is 642 g/mol. The van der Waals surface area contributed by atoms with E-state index in [4.69, 9.17) is 10.5 Å². The number of hydrogen-bond acceptors (Lipinski definition) is 9. The van der Waals surface area contributed by atoms with E-state index in [1.54, 1.807) is 12.1 Å². The highest BCUT2D eigenvalue weighted by molar-refractivity contribution is 6.00. The predicted octanol–water partition coefficient (Wildman–Crippen LogP) is 2.87. The summed E-state index contributed by atoms with van der Waals surface area (Å²) in [6.07, 6.45) is 1.37. The number of rotatable bonds is 19. The lowest BCUT2D eigenvalue weighted by Crippen LogP contribution is -2.66. The van der Waals surface area contributed by atoms with Gasteiger partial charge in [-0.3, -0.25) is 19.2 Å². The van der Waals surface area contributed by atoms with Crippen LogP contribution in [0.25, 0.3) is 11.1 Å². The number of aliphatic hydroxyl groups excluding tert-OH is 2. The zero-order valence-electron chi connectivity index (χ0n) is 30.1. The van der Waals surface area contributed by atoms with E-state index in [2.05, 4.69) is 16.0 Å². The van der Waals surface area contributed by atoms with Crippen molar-refractivity contribution in [1.29, 1.82) is 0 Å². The average Bonchev–Trinajstić information content (AvgIpc) is 3.09. The highest BCUT2D eigenvalue weighted by Gasteiger charge is 2.44. The quantitative estimate of drug-likeness (QED) is 0.119. The SMILES string of the molecule is CCCCCC(=O)N[C@@](C)(C(=O)NC(CO)C(C)C)C(CO)CNC(=O)[C@H](C)N(C(=O)OCc1ccccc1-c1ccccc1)C(=O)[C@H](C)N. The lowest BCUT2D eigenvalue weighted by atomic mass is 9.83. The summed E-state index contributed by atoms with van der Waals surface area (Å²) in [5, 5.41) is 28.4. The Bertz CT molecular complexity index is 1420. The van der Waals surface area contributed by atoms with Gasteiger partial charge in [-0.15, -0.1) is 0 Å². The third kappa shape index (κ3) is 11.6. The molecule has 2 rings (SSSR count).